The summed E-state index contributed by atoms with van der Waals surface area (Å²) in [5, 5.41) is 0. The van der Waals surface area contributed by atoms with Gasteiger partial charge in [-0.25, -0.2) is 4.98 Å². The van der Waals surface area contributed by atoms with Crippen molar-refractivity contribution in [3.05, 3.63) is 23.4 Å². The van der Waals surface area contributed by atoms with E-state index in [1.165, 1.54) is 6.42 Å². The van der Waals surface area contributed by atoms with Gasteiger partial charge in [0.2, 0.25) is 5.88 Å². The lowest BCUT2D eigenvalue weighted by Gasteiger charge is -2.09. The highest BCUT2D eigenvalue weighted by atomic mass is 32.1. The molecule has 0 atom stereocenters. The second kappa shape index (κ2) is 6.43. The minimum absolute atomic E-state index is 0.331. The molecule has 0 saturated carbocycles. The van der Waals surface area contributed by atoms with E-state index in [0.717, 1.165) is 24.1 Å². The van der Waals surface area contributed by atoms with Crippen LogP contribution in [0.5, 0.6) is 5.88 Å². The Bertz CT molecular complexity index is 366. The highest BCUT2D eigenvalue weighted by Gasteiger charge is 2.08. The number of ether oxygens (including phenoxy) is 1. The predicted octanol–water partition coefficient (Wildman–Crippen LogP) is 2.59. The van der Waals surface area contributed by atoms with Crippen molar-refractivity contribution >= 4 is 17.2 Å². The molecule has 0 radical (unpaired) electrons. The average Bonchev–Trinajstić information content (AvgIpc) is 2.24. The van der Waals surface area contributed by atoms with Crippen molar-refractivity contribution in [2.75, 3.05) is 6.61 Å². The third-order valence-corrected chi connectivity index (χ3v) is 2.47. The second-order valence-corrected chi connectivity index (χ2v) is 4.16. The van der Waals surface area contributed by atoms with E-state index in [2.05, 4.69) is 11.9 Å². The summed E-state index contributed by atoms with van der Waals surface area (Å²) < 4.78 is 5.60. The van der Waals surface area contributed by atoms with Gasteiger partial charge in [-0.1, -0.05) is 32.0 Å². The summed E-state index contributed by atoms with van der Waals surface area (Å²) in [6, 6.07) is 3.74. The summed E-state index contributed by atoms with van der Waals surface area (Å²) in [5.41, 5.74) is 7.23. The zero-order valence-electron chi connectivity index (χ0n) is 9.82. The fraction of sp³-hybridized carbons (Fsp3) is 0.500. The molecule has 2 N–H and O–H groups in total. The van der Waals surface area contributed by atoms with Crippen LogP contribution in [0.2, 0.25) is 0 Å². The average molecular weight is 238 g/mol. The lowest BCUT2D eigenvalue weighted by molar-refractivity contribution is 0.294. The Kier molecular flexibility index (Phi) is 5.19. The van der Waals surface area contributed by atoms with E-state index in [4.69, 9.17) is 22.7 Å². The molecule has 1 aromatic heterocycles. The SMILES string of the molecule is CCCCCOc1nc(C)ccc1C(N)=S. The van der Waals surface area contributed by atoms with Gasteiger partial charge in [0.25, 0.3) is 0 Å². The molecule has 4 heteroatoms. The molecule has 0 aliphatic carbocycles. The fourth-order valence-corrected chi connectivity index (χ4v) is 1.51. The van der Waals surface area contributed by atoms with E-state index >= 15 is 0 Å². The van der Waals surface area contributed by atoms with Crippen LogP contribution in [0, 0.1) is 6.92 Å². The van der Waals surface area contributed by atoms with Crippen LogP contribution in [0.25, 0.3) is 0 Å². The maximum atomic E-state index is 5.61. The Morgan fingerprint density at radius 2 is 2.19 bits per heavy atom. The van der Waals surface area contributed by atoms with Crippen molar-refractivity contribution in [2.24, 2.45) is 5.73 Å². The second-order valence-electron chi connectivity index (χ2n) is 3.73. The van der Waals surface area contributed by atoms with Crippen molar-refractivity contribution < 1.29 is 4.74 Å². The Morgan fingerprint density at radius 3 is 2.81 bits per heavy atom. The summed E-state index contributed by atoms with van der Waals surface area (Å²) in [6.07, 6.45) is 3.36. The van der Waals surface area contributed by atoms with Crippen molar-refractivity contribution in [1.82, 2.24) is 4.98 Å². The molecule has 0 aliphatic rings. The Labute approximate surface area is 102 Å². The molecule has 0 fully saturated rings. The van der Waals surface area contributed by atoms with Crippen molar-refractivity contribution in [3.8, 4) is 5.88 Å². The summed E-state index contributed by atoms with van der Waals surface area (Å²) in [7, 11) is 0. The van der Waals surface area contributed by atoms with Crippen molar-refractivity contribution in [1.29, 1.82) is 0 Å². The highest BCUT2D eigenvalue weighted by molar-refractivity contribution is 7.80. The number of thiocarbonyl (C=S) groups is 1. The molecule has 16 heavy (non-hydrogen) atoms. The monoisotopic (exact) mass is 238 g/mol. The van der Waals surface area contributed by atoms with Crippen LogP contribution in [-0.2, 0) is 0 Å². The first-order chi connectivity index (χ1) is 7.65. The number of hydrogen-bond donors (Lipinski definition) is 1. The zero-order chi connectivity index (χ0) is 12.0. The van der Waals surface area contributed by atoms with Gasteiger partial charge in [0.15, 0.2) is 0 Å². The summed E-state index contributed by atoms with van der Waals surface area (Å²) in [4.78, 5) is 4.63. The van der Waals surface area contributed by atoms with Crippen LogP contribution in [0.15, 0.2) is 12.1 Å². The Balaban J connectivity index is 2.68. The molecule has 0 unspecified atom stereocenters. The van der Waals surface area contributed by atoms with Crippen LogP contribution < -0.4 is 10.5 Å². The zero-order valence-corrected chi connectivity index (χ0v) is 10.6. The molecule has 88 valence electrons. The minimum atomic E-state index is 0.331. The topological polar surface area (TPSA) is 48.1 Å². The third-order valence-electron chi connectivity index (χ3n) is 2.25. The van der Waals surface area contributed by atoms with Gasteiger partial charge in [0.1, 0.15) is 4.99 Å². The number of hydrogen-bond acceptors (Lipinski definition) is 3. The van der Waals surface area contributed by atoms with Crippen LogP contribution in [-0.4, -0.2) is 16.6 Å². The number of nitrogens with two attached hydrogens (primary N) is 1. The van der Waals surface area contributed by atoms with Gasteiger partial charge < -0.3 is 10.5 Å². The molecule has 0 aliphatic heterocycles. The van der Waals surface area contributed by atoms with Crippen LogP contribution >= 0.6 is 12.2 Å². The van der Waals surface area contributed by atoms with Gasteiger partial charge in [-0.05, 0) is 25.5 Å². The van der Waals surface area contributed by atoms with E-state index in [0.29, 0.717) is 17.5 Å². The van der Waals surface area contributed by atoms with Crippen LogP contribution in [0.1, 0.15) is 37.4 Å². The standard InChI is InChI=1S/C12H18N2OS/c1-3-4-5-8-15-12-10(11(13)16)7-6-9(2)14-12/h6-7H,3-5,8H2,1-2H3,(H2,13,16). The molecule has 1 rings (SSSR count). The molecule has 3 nitrogen and oxygen atoms in total. The molecule has 0 spiro atoms. The molecular formula is C12H18N2OS. The largest absolute Gasteiger partial charge is 0.477 e. The molecule has 1 aromatic rings. The minimum Gasteiger partial charge on any atom is -0.477 e. The summed E-state index contributed by atoms with van der Waals surface area (Å²) in [5.74, 6) is 0.559. The van der Waals surface area contributed by atoms with E-state index in [1.807, 2.05) is 19.1 Å². The lowest BCUT2D eigenvalue weighted by Crippen LogP contribution is -2.13. The summed E-state index contributed by atoms with van der Waals surface area (Å²) in [6.45, 7) is 4.74. The fourth-order valence-electron chi connectivity index (χ4n) is 1.35. The van der Waals surface area contributed by atoms with E-state index in [9.17, 15) is 0 Å². The number of aromatic nitrogens is 1. The number of rotatable bonds is 6. The first kappa shape index (κ1) is 12.9. The Hall–Kier alpha value is -1.16. The molecule has 0 amide bonds. The number of aryl methyl sites for hydroxylation is 1. The molecule has 0 bridgehead atoms. The highest BCUT2D eigenvalue weighted by Crippen LogP contribution is 2.16. The number of unbranched alkanes of at least 4 members (excludes halogenated alkanes) is 2. The van der Waals surface area contributed by atoms with E-state index < -0.39 is 0 Å². The van der Waals surface area contributed by atoms with E-state index in [-0.39, 0.29) is 0 Å². The predicted molar refractivity (Wildman–Crippen MR) is 69.9 cm³/mol. The quantitative estimate of drug-likeness (QED) is 0.611. The maximum absolute atomic E-state index is 5.61. The Morgan fingerprint density at radius 1 is 1.44 bits per heavy atom. The van der Waals surface area contributed by atoms with Gasteiger partial charge >= 0.3 is 0 Å². The van der Waals surface area contributed by atoms with Gasteiger partial charge in [-0.15, -0.1) is 0 Å². The van der Waals surface area contributed by atoms with Gasteiger partial charge in [0, 0.05) is 5.69 Å². The smallest absolute Gasteiger partial charge is 0.223 e. The number of nitrogens with zero attached hydrogens (tertiary/aromatic N) is 1. The third kappa shape index (κ3) is 3.77. The molecule has 0 saturated heterocycles. The molecule has 0 aromatic carbocycles. The van der Waals surface area contributed by atoms with Gasteiger partial charge in [0.05, 0.1) is 12.2 Å². The van der Waals surface area contributed by atoms with Gasteiger partial charge in [-0.3, -0.25) is 0 Å². The van der Waals surface area contributed by atoms with Gasteiger partial charge in [-0.2, -0.15) is 0 Å². The van der Waals surface area contributed by atoms with Crippen LogP contribution in [0.4, 0.5) is 0 Å². The first-order valence-corrected chi connectivity index (χ1v) is 5.96. The lowest BCUT2D eigenvalue weighted by atomic mass is 10.2. The summed E-state index contributed by atoms with van der Waals surface area (Å²) >= 11 is 4.95. The molecular weight excluding hydrogens is 220 g/mol. The normalized spacial score (nSPS) is 10.1. The van der Waals surface area contributed by atoms with Crippen molar-refractivity contribution in [2.45, 2.75) is 33.1 Å². The van der Waals surface area contributed by atoms with Crippen LogP contribution in [0.3, 0.4) is 0 Å². The molecule has 1 heterocycles. The number of pyridine rings is 1. The van der Waals surface area contributed by atoms with Crippen molar-refractivity contribution in [3.63, 3.8) is 0 Å². The van der Waals surface area contributed by atoms with E-state index in [1.54, 1.807) is 0 Å². The maximum Gasteiger partial charge on any atom is 0.223 e. The first-order valence-electron chi connectivity index (χ1n) is 5.55.